The SMILES string of the molecule is CCCCc1nc(C(C)C)cc(=O)n1Cc1ccc(-c2ccccc2C#N)cc1. The number of aryl methyl sites for hydroxylation is 1. The van der Waals surface area contributed by atoms with Gasteiger partial charge in [0.15, 0.2) is 0 Å². The molecule has 0 unspecified atom stereocenters. The van der Waals surface area contributed by atoms with Gasteiger partial charge in [0, 0.05) is 12.5 Å². The Balaban J connectivity index is 1.92. The number of nitriles is 1. The second kappa shape index (κ2) is 9.34. The lowest BCUT2D eigenvalue weighted by molar-refractivity contribution is 0.620. The van der Waals surface area contributed by atoms with Gasteiger partial charge in [0.05, 0.1) is 23.9 Å². The summed E-state index contributed by atoms with van der Waals surface area (Å²) < 4.78 is 1.79. The molecule has 0 saturated heterocycles. The minimum Gasteiger partial charge on any atom is -0.292 e. The Hall–Kier alpha value is -3.19. The summed E-state index contributed by atoms with van der Waals surface area (Å²) in [5, 5.41) is 9.33. The number of aromatic nitrogens is 2. The summed E-state index contributed by atoms with van der Waals surface area (Å²) in [4.78, 5) is 17.6. The first kappa shape index (κ1) is 20.5. The monoisotopic (exact) mass is 385 g/mol. The molecule has 0 saturated carbocycles. The molecule has 0 spiro atoms. The van der Waals surface area contributed by atoms with Gasteiger partial charge in [-0.15, -0.1) is 0 Å². The van der Waals surface area contributed by atoms with Crippen molar-refractivity contribution in [2.24, 2.45) is 0 Å². The van der Waals surface area contributed by atoms with Crippen LogP contribution < -0.4 is 5.56 Å². The largest absolute Gasteiger partial charge is 0.292 e. The van der Waals surface area contributed by atoms with Crippen LogP contribution in [0.1, 0.15) is 62.2 Å². The van der Waals surface area contributed by atoms with Gasteiger partial charge in [0.1, 0.15) is 5.82 Å². The number of hydrogen-bond donors (Lipinski definition) is 0. The summed E-state index contributed by atoms with van der Waals surface area (Å²) in [6.07, 6.45) is 2.88. The van der Waals surface area contributed by atoms with Gasteiger partial charge in [-0.1, -0.05) is 69.7 Å². The molecule has 0 atom stereocenters. The van der Waals surface area contributed by atoms with E-state index >= 15 is 0 Å². The quantitative estimate of drug-likeness (QED) is 0.555. The Bertz CT molecular complexity index is 1070. The third kappa shape index (κ3) is 4.81. The zero-order valence-electron chi connectivity index (χ0n) is 17.4. The first-order valence-corrected chi connectivity index (χ1v) is 10.2. The van der Waals surface area contributed by atoms with Gasteiger partial charge in [-0.2, -0.15) is 5.26 Å². The molecule has 0 aliphatic carbocycles. The standard InChI is InChI=1S/C25H27N3O/c1-4-5-10-24-27-23(18(2)3)15-25(29)28(24)17-19-11-13-20(14-12-19)22-9-7-6-8-21(22)16-26/h6-9,11-15,18H,4-5,10,17H2,1-3H3. The second-order valence-electron chi connectivity index (χ2n) is 7.63. The van der Waals surface area contributed by atoms with Crippen LogP contribution in [-0.2, 0) is 13.0 Å². The molecule has 3 rings (SSSR count). The van der Waals surface area contributed by atoms with Gasteiger partial charge in [0.25, 0.3) is 5.56 Å². The van der Waals surface area contributed by atoms with E-state index in [2.05, 4.69) is 26.8 Å². The van der Waals surface area contributed by atoms with Crippen molar-refractivity contribution in [1.29, 1.82) is 5.26 Å². The van der Waals surface area contributed by atoms with E-state index < -0.39 is 0 Å². The van der Waals surface area contributed by atoms with Crippen molar-refractivity contribution >= 4 is 0 Å². The molecule has 2 aromatic carbocycles. The molecule has 0 aliphatic heterocycles. The van der Waals surface area contributed by atoms with Gasteiger partial charge in [-0.3, -0.25) is 9.36 Å². The predicted octanol–water partition coefficient (Wildman–Crippen LogP) is 5.30. The van der Waals surface area contributed by atoms with Crippen LogP contribution in [0.2, 0.25) is 0 Å². The van der Waals surface area contributed by atoms with Crippen LogP contribution in [0.3, 0.4) is 0 Å². The Kier molecular flexibility index (Phi) is 6.61. The maximum Gasteiger partial charge on any atom is 0.254 e. The molecule has 1 heterocycles. The van der Waals surface area contributed by atoms with Crippen LogP contribution >= 0.6 is 0 Å². The molecular weight excluding hydrogens is 358 g/mol. The fourth-order valence-electron chi connectivity index (χ4n) is 3.37. The molecule has 3 aromatic rings. The van der Waals surface area contributed by atoms with E-state index in [0.29, 0.717) is 12.1 Å². The highest BCUT2D eigenvalue weighted by atomic mass is 16.1. The molecule has 4 heteroatoms. The topological polar surface area (TPSA) is 58.7 Å². The van der Waals surface area contributed by atoms with Crippen molar-refractivity contribution in [1.82, 2.24) is 9.55 Å². The van der Waals surface area contributed by atoms with Gasteiger partial charge >= 0.3 is 0 Å². The Morgan fingerprint density at radius 2 is 1.83 bits per heavy atom. The van der Waals surface area contributed by atoms with Gasteiger partial charge in [-0.05, 0) is 35.1 Å². The van der Waals surface area contributed by atoms with Crippen molar-refractivity contribution in [3.05, 3.63) is 87.6 Å². The lowest BCUT2D eigenvalue weighted by Gasteiger charge is -2.15. The van der Waals surface area contributed by atoms with Crippen molar-refractivity contribution in [3.8, 4) is 17.2 Å². The summed E-state index contributed by atoms with van der Waals surface area (Å²) >= 11 is 0. The smallest absolute Gasteiger partial charge is 0.254 e. The minimum absolute atomic E-state index is 0.00806. The number of nitrogens with zero attached hydrogens (tertiary/aromatic N) is 3. The molecule has 148 valence electrons. The number of rotatable bonds is 7. The fourth-order valence-corrected chi connectivity index (χ4v) is 3.37. The first-order chi connectivity index (χ1) is 14.0. The molecule has 0 N–H and O–H groups in total. The second-order valence-corrected chi connectivity index (χ2v) is 7.63. The summed E-state index contributed by atoms with van der Waals surface area (Å²) in [6.45, 7) is 6.77. The van der Waals surface area contributed by atoms with E-state index in [-0.39, 0.29) is 11.5 Å². The average molecular weight is 386 g/mol. The van der Waals surface area contributed by atoms with Crippen LogP contribution in [0.25, 0.3) is 11.1 Å². The Morgan fingerprint density at radius 1 is 1.10 bits per heavy atom. The molecule has 0 bridgehead atoms. The summed E-state index contributed by atoms with van der Waals surface area (Å²) in [5.74, 6) is 1.10. The fraction of sp³-hybridized carbons (Fsp3) is 0.320. The molecule has 0 radical (unpaired) electrons. The van der Waals surface area contributed by atoms with Crippen molar-refractivity contribution in [3.63, 3.8) is 0 Å². The molecule has 1 aromatic heterocycles. The van der Waals surface area contributed by atoms with Crippen molar-refractivity contribution in [2.45, 2.75) is 52.5 Å². The Labute approximate surface area is 172 Å². The maximum atomic E-state index is 12.8. The third-order valence-electron chi connectivity index (χ3n) is 5.11. The number of benzene rings is 2. The van der Waals surface area contributed by atoms with Crippen molar-refractivity contribution < 1.29 is 0 Å². The van der Waals surface area contributed by atoms with E-state index in [1.807, 2.05) is 48.5 Å². The lowest BCUT2D eigenvalue weighted by atomic mass is 9.99. The number of hydrogen-bond acceptors (Lipinski definition) is 3. The van der Waals surface area contributed by atoms with E-state index in [4.69, 9.17) is 4.98 Å². The highest BCUT2D eigenvalue weighted by Crippen LogP contribution is 2.23. The number of unbranched alkanes of at least 4 members (excludes halogenated alkanes) is 1. The van der Waals surface area contributed by atoms with E-state index in [1.54, 1.807) is 10.6 Å². The predicted molar refractivity (Wildman–Crippen MR) is 117 cm³/mol. The van der Waals surface area contributed by atoms with Crippen molar-refractivity contribution in [2.75, 3.05) is 0 Å². The summed E-state index contributed by atoms with van der Waals surface area (Å²) in [6, 6.07) is 19.6. The van der Waals surface area contributed by atoms with Crippen LogP contribution in [0.5, 0.6) is 0 Å². The van der Waals surface area contributed by atoms with Crippen LogP contribution in [0.15, 0.2) is 59.4 Å². The first-order valence-electron chi connectivity index (χ1n) is 10.2. The van der Waals surface area contributed by atoms with Gasteiger partial charge < -0.3 is 0 Å². The zero-order chi connectivity index (χ0) is 20.8. The molecule has 0 amide bonds. The van der Waals surface area contributed by atoms with Gasteiger partial charge in [0.2, 0.25) is 0 Å². The molecule has 29 heavy (non-hydrogen) atoms. The molecular formula is C25H27N3O. The summed E-state index contributed by atoms with van der Waals surface area (Å²) in [7, 11) is 0. The Morgan fingerprint density at radius 3 is 2.48 bits per heavy atom. The average Bonchev–Trinajstić information content (AvgIpc) is 2.74. The van der Waals surface area contributed by atoms with Gasteiger partial charge in [-0.25, -0.2) is 4.98 Å². The normalized spacial score (nSPS) is 10.9. The molecule has 4 nitrogen and oxygen atoms in total. The van der Waals surface area contributed by atoms with Crippen LogP contribution in [0.4, 0.5) is 0 Å². The third-order valence-corrected chi connectivity index (χ3v) is 5.11. The van der Waals surface area contributed by atoms with Crippen LogP contribution in [0, 0.1) is 11.3 Å². The molecule has 0 fully saturated rings. The lowest BCUT2D eigenvalue weighted by Crippen LogP contribution is -2.26. The molecule has 0 aliphatic rings. The summed E-state index contributed by atoms with van der Waals surface area (Å²) in [5.41, 5.74) is 4.49. The highest BCUT2D eigenvalue weighted by Gasteiger charge is 2.12. The minimum atomic E-state index is 0.00806. The van der Waals surface area contributed by atoms with E-state index in [1.165, 1.54) is 0 Å². The zero-order valence-corrected chi connectivity index (χ0v) is 17.4. The maximum absolute atomic E-state index is 12.8. The van der Waals surface area contributed by atoms with E-state index in [0.717, 1.165) is 47.5 Å². The van der Waals surface area contributed by atoms with Crippen LogP contribution in [-0.4, -0.2) is 9.55 Å². The van der Waals surface area contributed by atoms with E-state index in [9.17, 15) is 10.1 Å². The highest BCUT2D eigenvalue weighted by molar-refractivity contribution is 5.70.